The van der Waals surface area contributed by atoms with E-state index in [1.54, 1.807) is 17.7 Å². The van der Waals surface area contributed by atoms with E-state index in [1.165, 1.54) is 22.2 Å². The van der Waals surface area contributed by atoms with Crippen molar-refractivity contribution in [2.45, 2.75) is 44.2 Å². The van der Waals surface area contributed by atoms with E-state index >= 15 is 0 Å². The highest BCUT2D eigenvalue weighted by atomic mass is 32.2. The first-order valence-electron chi connectivity index (χ1n) is 7.93. The third-order valence-corrected chi connectivity index (χ3v) is 6.68. The maximum absolute atomic E-state index is 12.2. The smallest absolute Gasteiger partial charge is 0.230 e. The maximum atomic E-state index is 12.2. The molecule has 0 saturated heterocycles. The predicted octanol–water partition coefficient (Wildman–Crippen LogP) is 2.64. The van der Waals surface area contributed by atoms with Crippen molar-refractivity contribution in [1.29, 1.82) is 0 Å². The van der Waals surface area contributed by atoms with Crippen LogP contribution in [-0.4, -0.2) is 34.2 Å². The minimum atomic E-state index is 0.0664. The number of fused-ring (bicyclic) bond motifs is 1. The quantitative estimate of drug-likeness (QED) is 0.640. The Morgan fingerprint density at radius 2 is 2.26 bits per heavy atom. The Morgan fingerprint density at radius 1 is 1.43 bits per heavy atom. The summed E-state index contributed by atoms with van der Waals surface area (Å²) in [6.45, 7) is 4.83. The molecule has 1 aliphatic carbocycles. The van der Waals surface area contributed by atoms with Gasteiger partial charge in [0.2, 0.25) is 5.91 Å². The molecule has 0 aliphatic heterocycles. The fourth-order valence-corrected chi connectivity index (χ4v) is 5.08. The van der Waals surface area contributed by atoms with E-state index in [0.717, 1.165) is 34.5 Å². The molecular weight excluding hydrogens is 328 g/mol. The average Bonchev–Trinajstić information content (AvgIpc) is 3.10. The van der Waals surface area contributed by atoms with Crippen molar-refractivity contribution in [3.63, 3.8) is 0 Å². The van der Waals surface area contributed by atoms with Gasteiger partial charge in [-0.15, -0.1) is 11.3 Å². The lowest BCUT2D eigenvalue weighted by Gasteiger charge is -2.19. The van der Waals surface area contributed by atoms with Crippen molar-refractivity contribution >= 4 is 39.2 Å². The van der Waals surface area contributed by atoms with Gasteiger partial charge in [0, 0.05) is 16.3 Å². The van der Waals surface area contributed by atoms with Gasteiger partial charge >= 0.3 is 0 Å². The molecule has 23 heavy (non-hydrogen) atoms. The first-order chi connectivity index (χ1) is 11.1. The molecule has 2 heterocycles. The number of amides is 1. The molecule has 7 heteroatoms. The Bertz CT molecular complexity index is 715. The molecule has 5 nitrogen and oxygen atoms in total. The largest absolute Gasteiger partial charge is 0.352 e. The van der Waals surface area contributed by atoms with Crippen molar-refractivity contribution in [2.24, 2.45) is 11.7 Å². The maximum Gasteiger partial charge on any atom is 0.230 e. The number of carbonyl (C=O) groups is 1. The van der Waals surface area contributed by atoms with Crippen molar-refractivity contribution in [3.05, 3.63) is 16.8 Å². The average molecular weight is 351 g/mol. The zero-order chi connectivity index (χ0) is 16.4. The van der Waals surface area contributed by atoms with Crippen LogP contribution < -0.4 is 11.1 Å². The van der Waals surface area contributed by atoms with Crippen LogP contribution in [0.3, 0.4) is 0 Å². The first kappa shape index (κ1) is 16.7. The number of hydrogen-bond donors (Lipinski definition) is 2. The van der Waals surface area contributed by atoms with E-state index in [0.29, 0.717) is 18.2 Å². The predicted molar refractivity (Wildman–Crippen MR) is 95.9 cm³/mol. The lowest BCUT2D eigenvalue weighted by molar-refractivity contribution is -0.119. The second-order valence-corrected chi connectivity index (χ2v) is 8.20. The number of aryl methyl sites for hydroxylation is 2. The monoisotopic (exact) mass is 350 g/mol. The van der Waals surface area contributed by atoms with Gasteiger partial charge in [-0.05, 0) is 44.7 Å². The van der Waals surface area contributed by atoms with Gasteiger partial charge in [0.05, 0.1) is 5.75 Å². The van der Waals surface area contributed by atoms with Crippen LogP contribution in [-0.2, 0) is 4.79 Å². The molecule has 2 aromatic heterocycles. The summed E-state index contributed by atoms with van der Waals surface area (Å²) in [6.07, 6.45) is 4.90. The summed E-state index contributed by atoms with van der Waals surface area (Å²) in [5.41, 5.74) is 6.99. The summed E-state index contributed by atoms with van der Waals surface area (Å²) in [6, 6.07) is 0.239. The molecule has 1 amide bonds. The van der Waals surface area contributed by atoms with E-state index in [1.807, 2.05) is 0 Å². The summed E-state index contributed by atoms with van der Waals surface area (Å²) >= 11 is 3.17. The second kappa shape index (κ2) is 7.15. The Labute approximate surface area is 144 Å². The van der Waals surface area contributed by atoms with Gasteiger partial charge in [-0.25, -0.2) is 9.97 Å². The number of nitrogens with one attached hydrogen (secondary N) is 1. The minimum Gasteiger partial charge on any atom is -0.352 e. The topological polar surface area (TPSA) is 80.9 Å². The molecule has 2 atom stereocenters. The van der Waals surface area contributed by atoms with Crippen molar-refractivity contribution in [3.8, 4) is 0 Å². The van der Waals surface area contributed by atoms with Gasteiger partial charge < -0.3 is 11.1 Å². The van der Waals surface area contributed by atoms with Crippen molar-refractivity contribution in [2.75, 3.05) is 12.3 Å². The molecule has 0 spiro atoms. The molecule has 3 rings (SSSR count). The van der Waals surface area contributed by atoms with Gasteiger partial charge in [0.1, 0.15) is 16.2 Å². The number of aromatic nitrogens is 2. The number of nitrogens with zero attached hydrogens (tertiary/aromatic N) is 2. The highest BCUT2D eigenvalue weighted by molar-refractivity contribution is 8.00. The molecule has 1 aliphatic rings. The lowest BCUT2D eigenvalue weighted by Crippen LogP contribution is -2.40. The third-order valence-electron chi connectivity index (χ3n) is 4.58. The molecule has 124 valence electrons. The van der Waals surface area contributed by atoms with E-state index < -0.39 is 0 Å². The van der Waals surface area contributed by atoms with Crippen LogP contribution >= 0.6 is 23.1 Å². The molecule has 1 fully saturated rings. The normalized spacial score (nSPS) is 21.0. The van der Waals surface area contributed by atoms with Crippen LogP contribution in [0.4, 0.5) is 0 Å². The molecule has 0 bridgehead atoms. The summed E-state index contributed by atoms with van der Waals surface area (Å²) in [4.78, 5) is 23.2. The van der Waals surface area contributed by atoms with Crippen LogP contribution in [0.25, 0.3) is 10.2 Å². The molecular formula is C16H22N4OS2. The molecule has 2 unspecified atom stereocenters. The van der Waals surface area contributed by atoms with Gasteiger partial charge in [-0.2, -0.15) is 0 Å². The highest BCUT2D eigenvalue weighted by Crippen LogP contribution is 2.34. The van der Waals surface area contributed by atoms with E-state index in [9.17, 15) is 4.79 Å². The Morgan fingerprint density at radius 3 is 3.04 bits per heavy atom. The SMILES string of the molecule is Cc1sc2ncnc(SCC(=O)NC3CCCC3CN)c2c1C. The Balaban J connectivity index is 1.65. The van der Waals surface area contributed by atoms with Gasteiger partial charge in [0.15, 0.2) is 0 Å². The zero-order valence-electron chi connectivity index (χ0n) is 13.5. The van der Waals surface area contributed by atoms with E-state index in [4.69, 9.17) is 5.73 Å². The number of carbonyl (C=O) groups excluding carboxylic acids is 1. The Kier molecular flexibility index (Phi) is 5.18. The third kappa shape index (κ3) is 3.51. The molecule has 0 radical (unpaired) electrons. The highest BCUT2D eigenvalue weighted by Gasteiger charge is 2.27. The Hall–Kier alpha value is -1.18. The summed E-state index contributed by atoms with van der Waals surface area (Å²) in [5, 5.41) is 5.13. The molecule has 2 aromatic rings. The van der Waals surface area contributed by atoms with E-state index in [-0.39, 0.29) is 11.9 Å². The van der Waals surface area contributed by atoms with Crippen LogP contribution in [0, 0.1) is 19.8 Å². The van der Waals surface area contributed by atoms with E-state index in [2.05, 4.69) is 29.1 Å². The summed E-state index contributed by atoms with van der Waals surface area (Å²) in [7, 11) is 0. The number of thiophene rings is 1. The van der Waals surface area contributed by atoms with Gasteiger partial charge in [0.25, 0.3) is 0 Å². The number of nitrogens with two attached hydrogens (primary N) is 1. The molecule has 0 aromatic carbocycles. The van der Waals surface area contributed by atoms with Crippen molar-refractivity contribution < 1.29 is 4.79 Å². The standard InChI is InChI=1S/C16H22N4OS2/c1-9-10(2)23-16-14(9)15(18-8-19-16)22-7-13(21)20-12-5-3-4-11(12)6-17/h8,11-12H,3-7,17H2,1-2H3,(H,20,21). The number of rotatable bonds is 5. The van der Waals surface area contributed by atoms with Crippen molar-refractivity contribution in [1.82, 2.24) is 15.3 Å². The second-order valence-electron chi connectivity index (χ2n) is 6.03. The number of hydrogen-bond acceptors (Lipinski definition) is 6. The van der Waals surface area contributed by atoms with Gasteiger partial charge in [-0.3, -0.25) is 4.79 Å². The number of thioether (sulfide) groups is 1. The fourth-order valence-electron chi connectivity index (χ4n) is 3.15. The first-order valence-corrected chi connectivity index (χ1v) is 9.73. The summed E-state index contributed by atoms with van der Waals surface area (Å²) < 4.78 is 0. The van der Waals surface area contributed by atoms with Crippen LogP contribution in [0.1, 0.15) is 29.7 Å². The van der Waals surface area contributed by atoms with Crippen LogP contribution in [0.15, 0.2) is 11.4 Å². The van der Waals surface area contributed by atoms with Gasteiger partial charge in [-0.1, -0.05) is 18.2 Å². The fraction of sp³-hybridized carbons (Fsp3) is 0.562. The summed E-state index contributed by atoms with van der Waals surface area (Å²) in [5.74, 6) is 0.877. The minimum absolute atomic E-state index is 0.0664. The zero-order valence-corrected chi connectivity index (χ0v) is 15.1. The molecule has 3 N–H and O–H groups in total. The van der Waals surface area contributed by atoms with Crippen LogP contribution in [0.2, 0.25) is 0 Å². The van der Waals surface area contributed by atoms with Crippen LogP contribution in [0.5, 0.6) is 0 Å². The molecule has 1 saturated carbocycles. The lowest BCUT2D eigenvalue weighted by atomic mass is 10.0.